The summed E-state index contributed by atoms with van der Waals surface area (Å²) in [5.41, 5.74) is 0.0122. The van der Waals surface area contributed by atoms with Gasteiger partial charge < -0.3 is 5.11 Å². The molecule has 104 valence electrons. The van der Waals surface area contributed by atoms with Crippen molar-refractivity contribution < 1.29 is 14.3 Å². The molecule has 0 atom stereocenters. The largest absolute Gasteiger partial charge is 0.478 e. The molecule has 2 aromatic rings. The Labute approximate surface area is 129 Å². The second-order valence-corrected chi connectivity index (χ2v) is 5.81. The maximum absolute atomic E-state index is 13.9. The zero-order chi connectivity index (χ0) is 14.7. The second kappa shape index (κ2) is 6.48. The van der Waals surface area contributed by atoms with E-state index in [4.69, 9.17) is 28.3 Å². The predicted octanol–water partition coefficient (Wildman–Crippen LogP) is 5.12. The number of carboxylic acid groups (broad SMARTS) is 1. The van der Waals surface area contributed by atoms with Crippen LogP contribution in [-0.2, 0) is 5.75 Å². The van der Waals surface area contributed by atoms with Gasteiger partial charge in [0.05, 0.1) is 15.6 Å². The standard InChI is InChI=1S/C14H9Cl2FO2S/c15-11-5-4-9(6-12(11)16)20-7-8-2-1-3-10(13(8)17)14(18)19/h1-6H,7H2,(H,18,19). The molecular formula is C14H9Cl2FO2S. The highest BCUT2D eigenvalue weighted by Crippen LogP contribution is 2.30. The van der Waals surface area contributed by atoms with E-state index in [0.717, 1.165) is 4.90 Å². The lowest BCUT2D eigenvalue weighted by Crippen LogP contribution is -2.02. The van der Waals surface area contributed by atoms with Gasteiger partial charge in [0.15, 0.2) is 0 Å². The minimum Gasteiger partial charge on any atom is -0.478 e. The first kappa shape index (κ1) is 15.2. The molecule has 0 unspecified atom stereocenters. The average Bonchev–Trinajstić information content (AvgIpc) is 2.41. The number of rotatable bonds is 4. The molecule has 0 aromatic heterocycles. The molecule has 2 aromatic carbocycles. The summed E-state index contributed by atoms with van der Waals surface area (Å²) in [7, 11) is 0. The predicted molar refractivity (Wildman–Crippen MR) is 79.4 cm³/mol. The number of hydrogen-bond acceptors (Lipinski definition) is 2. The second-order valence-electron chi connectivity index (χ2n) is 3.95. The SMILES string of the molecule is O=C(O)c1cccc(CSc2ccc(Cl)c(Cl)c2)c1F. The van der Waals surface area contributed by atoms with Crippen molar-refractivity contribution in [2.24, 2.45) is 0 Å². The van der Waals surface area contributed by atoms with E-state index in [2.05, 4.69) is 0 Å². The van der Waals surface area contributed by atoms with Crippen LogP contribution in [0, 0.1) is 5.82 Å². The fraction of sp³-hybridized carbons (Fsp3) is 0.0714. The molecule has 0 bridgehead atoms. The van der Waals surface area contributed by atoms with E-state index in [9.17, 15) is 9.18 Å². The van der Waals surface area contributed by atoms with Crippen molar-refractivity contribution in [1.29, 1.82) is 0 Å². The van der Waals surface area contributed by atoms with Gasteiger partial charge in [0.25, 0.3) is 0 Å². The van der Waals surface area contributed by atoms with Gasteiger partial charge in [0.1, 0.15) is 5.82 Å². The average molecular weight is 331 g/mol. The van der Waals surface area contributed by atoms with E-state index in [-0.39, 0.29) is 5.56 Å². The normalized spacial score (nSPS) is 10.6. The molecule has 0 fully saturated rings. The summed E-state index contributed by atoms with van der Waals surface area (Å²) >= 11 is 13.1. The molecule has 0 aliphatic rings. The van der Waals surface area contributed by atoms with Gasteiger partial charge in [-0.3, -0.25) is 0 Å². The third-order valence-electron chi connectivity index (χ3n) is 2.59. The molecule has 1 N–H and O–H groups in total. The molecule has 2 nitrogen and oxygen atoms in total. The van der Waals surface area contributed by atoms with Crippen LogP contribution in [0.4, 0.5) is 4.39 Å². The van der Waals surface area contributed by atoms with Gasteiger partial charge in [0.2, 0.25) is 0 Å². The molecular weight excluding hydrogens is 322 g/mol. The molecule has 0 aliphatic heterocycles. The van der Waals surface area contributed by atoms with Gasteiger partial charge in [-0.25, -0.2) is 9.18 Å². The first-order chi connectivity index (χ1) is 9.49. The molecule has 0 saturated carbocycles. The van der Waals surface area contributed by atoms with Gasteiger partial charge in [-0.2, -0.15) is 0 Å². The van der Waals surface area contributed by atoms with E-state index in [1.165, 1.54) is 23.9 Å². The molecule has 0 spiro atoms. The summed E-state index contributed by atoms with van der Waals surface area (Å²) in [5.74, 6) is -1.67. The van der Waals surface area contributed by atoms with E-state index in [0.29, 0.717) is 21.4 Å². The van der Waals surface area contributed by atoms with Gasteiger partial charge >= 0.3 is 5.97 Å². The summed E-state index contributed by atoms with van der Waals surface area (Å²) in [5, 5.41) is 9.74. The number of aromatic carboxylic acids is 1. The van der Waals surface area contributed by atoms with Gasteiger partial charge in [0, 0.05) is 10.6 Å². The number of hydrogen-bond donors (Lipinski definition) is 1. The van der Waals surface area contributed by atoms with Crippen molar-refractivity contribution in [2.45, 2.75) is 10.6 Å². The van der Waals surface area contributed by atoms with Crippen LogP contribution in [0.5, 0.6) is 0 Å². The minimum absolute atomic E-state index is 0.310. The van der Waals surface area contributed by atoms with Gasteiger partial charge in [-0.1, -0.05) is 35.3 Å². The van der Waals surface area contributed by atoms with Crippen LogP contribution < -0.4 is 0 Å². The smallest absolute Gasteiger partial charge is 0.338 e. The zero-order valence-electron chi connectivity index (χ0n) is 10.1. The summed E-state index contributed by atoms with van der Waals surface area (Å²) in [6.07, 6.45) is 0. The zero-order valence-corrected chi connectivity index (χ0v) is 12.4. The van der Waals surface area contributed by atoms with E-state index >= 15 is 0 Å². The Morgan fingerprint density at radius 2 is 1.95 bits per heavy atom. The van der Waals surface area contributed by atoms with E-state index in [1.54, 1.807) is 24.3 Å². The van der Waals surface area contributed by atoms with Crippen LogP contribution in [0.15, 0.2) is 41.3 Å². The van der Waals surface area contributed by atoms with Gasteiger partial charge in [-0.15, -0.1) is 11.8 Å². The fourth-order valence-electron chi connectivity index (χ4n) is 1.58. The lowest BCUT2D eigenvalue weighted by atomic mass is 10.1. The molecule has 0 aliphatic carbocycles. The maximum atomic E-state index is 13.9. The van der Waals surface area contributed by atoms with Crippen LogP contribution in [0.3, 0.4) is 0 Å². The third kappa shape index (κ3) is 3.45. The Morgan fingerprint density at radius 1 is 1.20 bits per heavy atom. The van der Waals surface area contributed by atoms with E-state index in [1.807, 2.05) is 0 Å². The number of benzene rings is 2. The van der Waals surface area contributed by atoms with Crippen molar-refractivity contribution in [3.8, 4) is 0 Å². The van der Waals surface area contributed by atoms with Crippen LogP contribution in [0.1, 0.15) is 15.9 Å². The summed E-state index contributed by atoms with van der Waals surface area (Å²) in [6.45, 7) is 0. The molecule has 0 saturated heterocycles. The maximum Gasteiger partial charge on any atom is 0.338 e. The Hall–Kier alpha value is -1.23. The van der Waals surface area contributed by atoms with Crippen LogP contribution in [0.2, 0.25) is 10.0 Å². The molecule has 20 heavy (non-hydrogen) atoms. The summed E-state index contributed by atoms with van der Waals surface area (Å²) in [4.78, 5) is 11.7. The third-order valence-corrected chi connectivity index (χ3v) is 4.38. The van der Waals surface area contributed by atoms with Crippen molar-refractivity contribution in [3.63, 3.8) is 0 Å². The number of halogens is 3. The van der Waals surface area contributed by atoms with Gasteiger partial charge in [-0.05, 0) is 29.8 Å². The first-order valence-electron chi connectivity index (χ1n) is 5.57. The summed E-state index contributed by atoms with van der Waals surface area (Å²) in [6, 6.07) is 9.45. The highest BCUT2D eigenvalue weighted by molar-refractivity contribution is 7.98. The quantitative estimate of drug-likeness (QED) is 0.790. The molecule has 0 amide bonds. The fourth-order valence-corrected chi connectivity index (χ4v) is 2.86. The molecule has 2 rings (SSSR count). The van der Waals surface area contributed by atoms with Crippen LogP contribution in [0.25, 0.3) is 0 Å². The summed E-state index contributed by atoms with van der Waals surface area (Å²) < 4.78 is 13.9. The van der Waals surface area contributed by atoms with Crippen molar-refractivity contribution in [2.75, 3.05) is 0 Å². The van der Waals surface area contributed by atoms with Crippen molar-refractivity contribution in [3.05, 3.63) is 63.4 Å². The van der Waals surface area contributed by atoms with Crippen LogP contribution >= 0.6 is 35.0 Å². The molecule has 0 heterocycles. The topological polar surface area (TPSA) is 37.3 Å². The number of thioether (sulfide) groups is 1. The Morgan fingerprint density at radius 3 is 2.60 bits per heavy atom. The Bertz CT molecular complexity index is 662. The first-order valence-corrected chi connectivity index (χ1v) is 7.31. The highest BCUT2D eigenvalue weighted by atomic mass is 35.5. The number of carboxylic acids is 1. The Kier molecular flexibility index (Phi) is 4.91. The highest BCUT2D eigenvalue weighted by Gasteiger charge is 2.13. The lowest BCUT2D eigenvalue weighted by molar-refractivity contribution is 0.0691. The monoisotopic (exact) mass is 330 g/mol. The van der Waals surface area contributed by atoms with Crippen LogP contribution in [-0.4, -0.2) is 11.1 Å². The minimum atomic E-state index is -1.27. The number of carbonyl (C=O) groups is 1. The molecule has 6 heteroatoms. The molecule has 0 radical (unpaired) electrons. The van der Waals surface area contributed by atoms with Crippen molar-refractivity contribution >= 4 is 40.9 Å². The van der Waals surface area contributed by atoms with Crippen molar-refractivity contribution in [1.82, 2.24) is 0 Å². The van der Waals surface area contributed by atoms with E-state index < -0.39 is 11.8 Å². The lowest BCUT2D eigenvalue weighted by Gasteiger charge is -2.06. The Balaban J connectivity index is 2.17.